The van der Waals surface area contributed by atoms with Gasteiger partial charge < -0.3 is 10.4 Å². The molecule has 98 valence electrons. The van der Waals surface area contributed by atoms with Gasteiger partial charge in [0.15, 0.2) is 0 Å². The van der Waals surface area contributed by atoms with E-state index in [1.54, 1.807) is 6.20 Å². The zero-order chi connectivity index (χ0) is 13.2. The lowest BCUT2D eigenvalue weighted by atomic mass is 10.1. The van der Waals surface area contributed by atoms with Gasteiger partial charge in [-0.05, 0) is 30.0 Å². The Labute approximate surface area is 116 Å². The number of pyridine rings is 1. The molecule has 2 aromatic rings. The van der Waals surface area contributed by atoms with Crippen molar-refractivity contribution in [3.63, 3.8) is 0 Å². The highest BCUT2D eigenvalue weighted by atomic mass is 35.5. The maximum absolute atomic E-state index is 9.12. The fourth-order valence-electron chi connectivity index (χ4n) is 2.43. The third-order valence-electron chi connectivity index (χ3n) is 3.45. The molecule has 0 amide bonds. The molecule has 0 unspecified atom stereocenters. The molecule has 2 N–H and O–H groups in total. The molecule has 3 rings (SSSR count). The average molecular weight is 275 g/mol. The molecule has 1 aromatic heterocycles. The van der Waals surface area contributed by atoms with Gasteiger partial charge in [0.05, 0.1) is 0 Å². The lowest BCUT2D eigenvalue weighted by Crippen LogP contribution is -2.16. The quantitative estimate of drug-likeness (QED) is 0.667. The maximum atomic E-state index is 9.12. The molecule has 4 heteroatoms. The first-order chi connectivity index (χ1) is 9.24. The van der Waals surface area contributed by atoms with E-state index in [1.807, 2.05) is 18.2 Å². The monoisotopic (exact) mass is 274 g/mol. The molecule has 0 spiro atoms. The normalized spacial score (nSPS) is 22.0. The van der Waals surface area contributed by atoms with Crippen LogP contribution in [0.2, 0.25) is 5.15 Å². The lowest BCUT2D eigenvalue weighted by Gasteiger charge is -2.14. The first-order valence-corrected chi connectivity index (χ1v) is 6.73. The van der Waals surface area contributed by atoms with Gasteiger partial charge in [-0.15, -0.1) is 0 Å². The predicted octanol–water partition coefficient (Wildman–Crippen LogP) is 3.24. The Bertz CT molecular complexity index is 627. The zero-order valence-corrected chi connectivity index (χ0v) is 11.1. The molecule has 19 heavy (non-hydrogen) atoms. The van der Waals surface area contributed by atoms with Crippen molar-refractivity contribution >= 4 is 28.1 Å². The topological polar surface area (TPSA) is 45.1 Å². The Morgan fingerprint density at radius 3 is 2.95 bits per heavy atom. The van der Waals surface area contributed by atoms with Crippen LogP contribution in [-0.4, -0.2) is 22.7 Å². The first kappa shape index (κ1) is 12.5. The summed E-state index contributed by atoms with van der Waals surface area (Å²) in [6, 6.07) is 8.29. The average Bonchev–Trinajstić information content (AvgIpc) is 2.86. The molecule has 1 aliphatic carbocycles. The molecule has 1 aromatic carbocycles. The van der Waals surface area contributed by atoms with Gasteiger partial charge in [0.1, 0.15) is 5.15 Å². The number of benzene rings is 1. The number of aromatic nitrogens is 1. The van der Waals surface area contributed by atoms with Gasteiger partial charge >= 0.3 is 0 Å². The minimum absolute atomic E-state index is 0.216. The third kappa shape index (κ3) is 2.72. The summed E-state index contributed by atoms with van der Waals surface area (Å²) in [6.07, 6.45) is 6.90. The van der Waals surface area contributed by atoms with Gasteiger partial charge in [-0.1, -0.05) is 29.8 Å². The van der Waals surface area contributed by atoms with Crippen molar-refractivity contribution in [2.75, 3.05) is 11.9 Å². The largest absolute Gasteiger partial charge is 0.396 e. The van der Waals surface area contributed by atoms with E-state index in [1.165, 1.54) is 0 Å². The molecule has 0 saturated carbocycles. The van der Waals surface area contributed by atoms with Crippen molar-refractivity contribution in [3.05, 3.63) is 47.8 Å². The second kappa shape index (κ2) is 5.19. The van der Waals surface area contributed by atoms with E-state index in [4.69, 9.17) is 16.7 Å². The number of halogens is 1. The summed E-state index contributed by atoms with van der Waals surface area (Å²) in [5.74, 6) is 0.275. The minimum Gasteiger partial charge on any atom is -0.396 e. The summed E-state index contributed by atoms with van der Waals surface area (Å²) in [7, 11) is 0. The van der Waals surface area contributed by atoms with Crippen molar-refractivity contribution in [1.82, 2.24) is 4.98 Å². The number of nitrogens with one attached hydrogen (secondary N) is 1. The molecule has 0 radical (unpaired) electrons. The summed E-state index contributed by atoms with van der Waals surface area (Å²) in [5, 5.41) is 15.2. The Hall–Kier alpha value is -1.58. The fourth-order valence-corrected chi connectivity index (χ4v) is 2.60. The van der Waals surface area contributed by atoms with E-state index in [2.05, 4.69) is 28.5 Å². The Morgan fingerprint density at radius 1 is 1.26 bits per heavy atom. The molecule has 0 aliphatic heterocycles. The number of anilines is 1. The maximum Gasteiger partial charge on any atom is 0.129 e. The van der Waals surface area contributed by atoms with Crippen LogP contribution in [0.5, 0.6) is 0 Å². The van der Waals surface area contributed by atoms with Gasteiger partial charge in [0, 0.05) is 35.8 Å². The van der Waals surface area contributed by atoms with Gasteiger partial charge in [0.25, 0.3) is 0 Å². The molecule has 3 nitrogen and oxygen atoms in total. The van der Waals surface area contributed by atoms with Crippen LogP contribution < -0.4 is 5.32 Å². The van der Waals surface area contributed by atoms with Crippen LogP contribution in [0.3, 0.4) is 0 Å². The highest BCUT2D eigenvalue weighted by Gasteiger charge is 2.17. The number of aliphatic hydroxyl groups excluding tert-OH is 1. The molecule has 0 fully saturated rings. The molecular formula is C15H15ClN2O. The van der Waals surface area contributed by atoms with Crippen LogP contribution in [0.1, 0.15) is 6.42 Å². The summed E-state index contributed by atoms with van der Waals surface area (Å²) in [4.78, 5) is 4.07. The summed E-state index contributed by atoms with van der Waals surface area (Å²) < 4.78 is 0. The molecule has 1 aliphatic rings. The molecule has 2 atom stereocenters. The first-order valence-electron chi connectivity index (χ1n) is 6.35. The van der Waals surface area contributed by atoms with E-state index in [0.29, 0.717) is 5.15 Å². The van der Waals surface area contributed by atoms with Crippen LogP contribution in [0, 0.1) is 5.92 Å². The Balaban J connectivity index is 1.80. The fraction of sp³-hybridized carbons (Fsp3) is 0.267. The molecule has 0 bridgehead atoms. The summed E-state index contributed by atoms with van der Waals surface area (Å²) in [6.45, 7) is 0.216. The predicted molar refractivity (Wildman–Crippen MR) is 78.5 cm³/mol. The second-order valence-electron chi connectivity index (χ2n) is 4.88. The molecule has 0 saturated heterocycles. The van der Waals surface area contributed by atoms with Crippen molar-refractivity contribution in [1.29, 1.82) is 0 Å². The number of aliphatic hydroxyl groups is 1. The number of hydrogen-bond donors (Lipinski definition) is 2. The van der Waals surface area contributed by atoms with Crippen LogP contribution >= 0.6 is 11.6 Å². The van der Waals surface area contributed by atoms with E-state index in [0.717, 1.165) is 22.9 Å². The highest BCUT2D eigenvalue weighted by Crippen LogP contribution is 2.24. The highest BCUT2D eigenvalue weighted by molar-refractivity contribution is 6.30. The van der Waals surface area contributed by atoms with Crippen LogP contribution in [0.15, 0.2) is 42.6 Å². The van der Waals surface area contributed by atoms with Crippen molar-refractivity contribution in [3.8, 4) is 0 Å². The van der Waals surface area contributed by atoms with E-state index >= 15 is 0 Å². The number of rotatable bonds is 3. The zero-order valence-electron chi connectivity index (χ0n) is 10.4. The van der Waals surface area contributed by atoms with Gasteiger partial charge in [-0.25, -0.2) is 4.98 Å². The van der Waals surface area contributed by atoms with E-state index in [-0.39, 0.29) is 18.6 Å². The third-order valence-corrected chi connectivity index (χ3v) is 3.65. The van der Waals surface area contributed by atoms with Crippen molar-refractivity contribution < 1.29 is 5.11 Å². The minimum atomic E-state index is 0.216. The van der Waals surface area contributed by atoms with Crippen LogP contribution in [0.25, 0.3) is 10.8 Å². The smallest absolute Gasteiger partial charge is 0.129 e. The van der Waals surface area contributed by atoms with Gasteiger partial charge in [-0.3, -0.25) is 0 Å². The summed E-state index contributed by atoms with van der Waals surface area (Å²) in [5.41, 5.74) is 1.06. The molecule has 1 heterocycles. The van der Waals surface area contributed by atoms with Gasteiger partial charge in [-0.2, -0.15) is 0 Å². The second-order valence-corrected chi connectivity index (χ2v) is 5.27. The van der Waals surface area contributed by atoms with Crippen molar-refractivity contribution in [2.24, 2.45) is 5.92 Å². The molecular weight excluding hydrogens is 260 g/mol. The summed E-state index contributed by atoms with van der Waals surface area (Å²) >= 11 is 5.91. The van der Waals surface area contributed by atoms with E-state index in [9.17, 15) is 0 Å². The number of hydrogen-bond acceptors (Lipinski definition) is 3. The van der Waals surface area contributed by atoms with Crippen molar-refractivity contribution in [2.45, 2.75) is 12.5 Å². The van der Waals surface area contributed by atoms with Crippen LogP contribution in [-0.2, 0) is 0 Å². The van der Waals surface area contributed by atoms with Gasteiger partial charge in [0.2, 0.25) is 0 Å². The SMILES string of the molecule is OC[C@H]1C=C[C@@H](Nc2ccc3cnc(Cl)cc3c2)C1. The Morgan fingerprint density at radius 2 is 2.16 bits per heavy atom. The lowest BCUT2D eigenvalue weighted by molar-refractivity contribution is 0.250. The number of nitrogens with zero attached hydrogens (tertiary/aromatic N) is 1. The van der Waals surface area contributed by atoms with Crippen LogP contribution in [0.4, 0.5) is 5.69 Å². The standard InChI is InChI=1S/C15H15ClN2O/c16-15-7-12-6-14(4-2-11(12)8-17-15)18-13-3-1-10(5-13)9-19/h1-4,6-8,10,13,18-19H,5,9H2/t10-,13+/m0/s1. The Kier molecular flexibility index (Phi) is 3.40. The number of fused-ring (bicyclic) bond motifs is 1. The van der Waals surface area contributed by atoms with E-state index < -0.39 is 0 Å².